The van der Waals surface area contributed by atoms with E-state index >= 15 is 0 Å². The second kappa shape index (κ2) is 3.20. The van der Waals surface area contributed by atoms with Crippen molar-refractivity contribution in [1.82, 2.24) is 9.55 Å². The van der Waals surface area contributed by atoms with Gasteiger partial charge in [-0.2, -0.15) is 8.42 Å². The standard InChI is InChI=1S/C8H7FN2O3S/c1-11-5-10-4-7(11)6-2-3-14-8(6)15(9,12)13/h2-5H,1H3. The molecule has 0 aliphatic rings. The predicted molar refractivity (Wildman–Crippen MR) is 49.2 cm³/mol. The normalized spacial score (nSPS) is 11.9. The summed E-state index contributed by atoms with van der Waals surface area (Å²) in [5, 5.41) is -0.689. The first-order valence-corrected chi connectivity index (χ1v) is 5.37. The molecular weight excluding hydrogens is 223 g/mol. The number of aryl methyl sites for hydroxylation is 1. The predicted octanol–water partition coefficient (Wildman–Crippen LogP) is 1.34. The van der Waals surface area contributed by atoms with Crippen LogP contribution in [-0.2, 0) is 17.3 Å². The molecule has 0 amide bonds. The lowest BCUT2D eigenvalue weighted by molar-refractivity contribution is 0.436. The summed E-state index contributed by atoms with van der Waals surface area (Å²) in [6.07, 6.45) is 4.03. The maximum Gasteiger partial charge on any atom is 0.366 e. The summed E-state index contributed by atoms with van der Waals surface area (Å²) >= 11 is 0. The van der Waals surface area contributed by atoms with Crippen LogP contribution in [0.2, 0.25) is 0 Å². The number of imidazole rings is 1. The Morgan fingerprint density at radius 3 is 2.80 bits per heavy atom. The van der Waals surface area contributed by atoms with Crippen LogP contribution in [-0.4, -0.2) is 18.0 Å². The van der Waals surface area contributed by atoms with Gasteiger partial charge in [0.2, 0.25) is 0 Å². The Bertz CT molecular complexity index is 585. The van der Waals surface area contributed by atoms with Crippen LogP contribution in [0.4, 0.5) is 3.89 Å². The quantitative estimate of drug-likeness (QED) is 0.730. The van der Waals surface area contributed by atoms with Gasteiger partial charge in [-0.1, -0.05) is 3.89 Å². The van der Waals surface area contributed by atoms with Gasteiger partial charge < -0.3 is 8.98 Å². The summed E-state index contributed by atoms with van der Waals surface area (Å²) < 4.78 is 40.4. The Hall–Kier alpha value is -1.63. The molecule has 0 saturated heterocycles. The lowest BCUT2D eigenvalue weighted by atomic mass is 10.2. The van der Waals surface area contributed by atoms with Crippen molar-refractivity contribution in [3.63, 3.8) is 0 Å². The highest BCUT2D eigenvalue weighted by Gasteiger charge is 2.23. The molecule has 2 rings (SSSR count). The molecule has 2 heterocycles. The summed E-state index contributed by atoms with van der Waals surface area (Å²) in [5.74, 6) is 0. The minimum atomic E-state index is -4.84. The van der Waals surface area contributed by atoms with E-state index in [0.717, 1.165) is 6.26 Å². The minimum absolute atomic E-state index is 0.164. The highest BCUT2D eigenvalue weighted by atomic mass is 32.3. The van der Waals surface area contributed by atoms with Gasteiger partial charge in [0, 0.05) is 7.05 Å². The Kier molecular flexibility index (Phi) is 2.11. The van der Waals surface area contributed by atoms with Crippen LogP contribution >= 0.6 is 0 Å². The molecule has 0 unspecified atom stereocenters. The number of rotatable bonds is 2. The van der Waals surface area contributed by atoms with Crippen LogP contribution in [0.1, 0.15) is 0 Å². The average Bonchev–Trinajstić information content (AvgIpc) is 2.69. The van der Waals surface area contributed by atoms with Gasteiger partial charge in [-0.15, -0.1) is 0 Å². The van der Waals surface area contributed by atoms with Crippen LogP contribution in [0.3, 0.4) is 0 Å². The molecule has 0 N–H and O–H groups in total. The molecule has 0 fully saturated rings. The summed E-state index contributed by atoms with van der Waals surface area (Å²) in [7, 11) is -3.17. The fourth-order valence-electron chi connectivity index (χ4n) is 1.29. The van der Waals surface area contributed by atoms with Crippen molar-refractivity contribution >= 4 is 10.2 Å². The van der Waals surface area contributed by atoms with Gasteiger partial charge in [-0.3, -0.25) is 0 Å². The molecule has 0 saturated carbocycles. The molecule has 0 aliphatic heterocycles. The first-order chi connectivity index (χ1) is 7.00. The number of furan rings is 1. The third-order valence-corrected chi connectivity index (χ3v) is 2.70. The van der Waals surface area contributed by atoms with E-state index in [1.54, 1.807) is 11.6 Å². The largest absolute Gasteiger partial charge is 0.450 e. The van der Waals surface area contributed by atoms with E-state index in [1.165, 1.54) is 18.6 Å². The molecule has 7 heteroatoms. The van der Waals surface area contributed by atoms with Gasteiger partial charge in [0.25, 0.3) is 5.09 Å². The molecule has 0 atom stereocenters. The second-order valence-corrected chi connectivity index (χ2v) is 4.20. The summed E-state index contributed by atoms with van der Waals surface area (Å²) in [5.41, 5.74) is 0.637. The monoisotopic (exact) mass is 230 g/mol. The van der Waals surface area contributed by atoms with Gasteiger partial charge >= 0.3 is 10.2 Å². The van der Waals surface area contributed by atoms with E-state index in [4.69, 9.17) is 0 Å². The lowest BCUT2D eigenvalue weighted by Gasteiger charge is -1.99. The first kappa shape index (κ1) is 9.91. The molecule has 15 heavy (non-hydrogen) atoms. The highest BCUT2D eigenvalue weighted by molar-refractivity contribution is 7.86. The molecule has 5 nitrogen and oxygen atoms in total. The van der Waals surface area contributed by atoms with E-state index in [-0.39, 0.29) is 5.56 Å². The topological polar surface area (TPSA) is 65.1 Å². The second-order valence-electron chi connectivity index (χ2n) is 2.95. The van der Waals surface area contributed by atoms with Crippen LogP contribution in [0.25, 0.3) is 11.3 Å². The van der Waals surface area contributed by atoms with Gasteiger partial charge in [-0.05, 0) is 6.07 Å². The molecule has 0 aliphatic carbocycles. The Morgan fingerprint density at radius 1 is 1.53 bits per heavy atom. The number of aromatic nitrogens is 2. The van der Waals surface area contributed by atoms with Crippen LogP contribution in [0.5, 0.6) is 0 Å². The van der Waals surface area contributed by atoms with Gasteiger partial charge in [0.05, 0.1) is 30.0 Å². The lowest BCUT2D eigenvalue weighted by Crippen LogP contribution is -1.95. The van der Waals surface area contributed by atoms with E-state index < -0.39 is 15.3 Å². The third kappa shape index (κ3) is 1.65. The molecule has 80 valence electrons. The van der Waals surface area contributed by atoms with Crippen molar-refractivity contribution in [2.75, 3.05) is 0 Å². The van der Waals surface area contributed by atoms with E-state index in [2.05, 4.69) is 9.40 Å². The number of nitrogens with zero attached hydrogens (tertiary/aromatic N) is 2. The first-order valence-electron chi connectivity index (χ1n) is 3.99. The van der Waals surface area contributed by atoms with Crippen molar-refractivity contribution in [3.05, 3.63) is 24.9 Å². The highest BCUT2D eigenvalue weighted by Crippen LogP contribution is 2.28. The summed E-state index contributed by atoms with van der Waals surface area (Å²) in [4.78, 5) is 3.80. The SMILES string of the molecule is Cn1cncc1-c1ccoc1S(=O)(=O)F. The van der Waals surface area contributed by atoms with Gasteiger partial charge in [0.1, 0.15) is 0 Å². The summed E-state index contributed by atoms with van der Waals surface area (Å²) in [6, 6.07) is 1.38. The zero-order chi connectivity index (χ0) is 11.1. The molecule has 2 aromatic heterocycles. The number of hydrogen-bond acceptors (Lipinski definition) is 4. The molecule has 0 spiro atoms. The van der Waals surface area contributed by atoms with E-state index in [1.807, 2.05) is 0 Å². The Morgan fingerprint density at radius 2 is 2.27 bits per heavy atom. The number of halogens is 1. The van der Waals surface area contributed by atoms with Crippen molar-refractivity contribution in [1.29, 1.82) is 0 Å². The molecular formula is C8H7FN2O3S. The molecule has 2 aromatic rings. The average molecular weight is 230 g/mol. The Labute approximate surface area is 85.4 Å². The third-order valence-electron chi connectivity index (χ3n) is 1.94. The molecule has 0 radical (unpaired) electrons. The van der Waals surface area contributed by atoms with Gasteiger partial charge in [-0.25, -0.2) is 4.98 Å². The van der Waals surface area contributed by atoms with Gasteiger partial charge in [0.15, 0.2) is 0 Å². The van der Waals surface area contributed by atoms with Crippen LogP contribution in [0, 0.1) is 0 Å². The fraction of sp³-hybridized carbons (Fsp3) is 0.125. The van der Waals surface area contributed by atoms with E-state index in [9.17, 15) is 12.3 Å². The zero-order valence-corrected chi connectivity index (χ0v) is 8.53. The summed E-state index contributed by atoms with van der Waals surface area (Å²) in [6.45, 7) is 0. The van der Waals surface area contributed by atoms with Crippen LogP contribution in [0.15, 0.2) is 34.4 Å². The van der Waals surface area contributed by atoms with Crippen LogP contribution < -0.4 is 0 Å². The van der Waals surface area contributed by atoms with Crippen molar-refractivity contribution in [2.24, 2.45) is 7.05 Å². The van der Waals surface area contributed by atoms with Crippen molar-refractivity contribution in [2.45, 2.75) is 5.09 Å². The molecule has 0 bridgehead atoms. The smallest absolute Gasteiger partial charge is 0.366 e. The molecule has 0 aromatic carbocycles. The number of hydrogen-bond donors (Lipinski definition) is 0. The van der Waals surface area contributed by atoms with Crippen molar-refractivity contribution < 1.29 is 16.7 Å². The Balaban J connectivity index is 2.66. The minimum Gasteiger partial charge on any atom is -0.450 e. The maximum atomic E-state index is 12.8. The zero-order valence-electron chi connectivity index (χ0n) is 7.71. The fourth-order valence-corrected chi connectivity index (χ4v) is 1.90. The maximum absolute atomic E-state index is 12.8. The van der Waals surface area contributed by atoms with E-state index in [0.29, 0.717) is 5.69 Å². The van der Waals surface area contributed by atoms with Crippen molar-refractivity contribution in [3.8, 4) is 11.3 Å².